The number of rotatable bonds is 1. The average molecular weight is 284 g/mol. The summed E-state index contributed by atoms with van der Waals surface area (Å²) in [4.78, 5) is 0. The molecule has 1 aromatic rings. The van der Waals surface area contributed by atoms with Gasteiger partial charge in [0.25, 0.3) is 0 Å². The van der Waals surface area contributed by atoms with E-state index in [-0.39, 0.29) is 6.10 Å². The fraction of sp³-hybridized carbons (Fsp3) is 0.579. The molecule has 2 N–H and O–H groups in total. The summed E-state index contributed by atoms with van der Waals surface area (Å²) in [6, 6.07) is 5.83. The van der Waals surface area contributed by atoms with Crippen LogP contribution in [0.5, 0.6) is 5.75 Å². The summed E-state index contributed by atoms with van der Waals surface area (Å²) in [7, 11) is 0. The Labute approximate surface area is 126 Å². The molecule has 3 aliphatic rings. The Morgan fingerprint density at radius 1 is 1.33 bits per heavy atom. The molecular weight excluding hydrogens is 260 g/mol. The predicted molar refractivity (Wildman–Crippen MR) is 84.0 cm³/mol. The number of hydrogen-bond acceptors (Lipinski definition) is 2. The highest BCUT2D eigenvalue weighted by molar-refractivity contribution is 5.73. The van der Waals surface area contributed by atoms with E-state index in [4.69, 9.17) is 0 Å². The lowest BCUT2D eigenvalue weighted by molar-refractivity contribution is 0.131. The summed E-state index contributed by atoms with van der Waals surface area (Å²) in [6.45, 7) is 2.29. The minimum absolute atomic E-state index is 0.107. The van der Waals surface area contributed by atoms with E-state index >= 15 is 0 Å². The third kappa shape index (κ3) is 1.88. The first-order valence-corrected chi connectivity index (χ1v) is 8.33. The van der Waals surface area contributed by atoms with E-state index in [0.717, 1.165) is 25.7 Å². The number of aromatic hydroxyl groups is 1. The van der Waals surface area contributed by atoms with E-state index in [1.54, 1.807) is 0 Å². The van der Waals surface area contributed by atoms with Gasteiger partial charge in [-0.1, -0.05) is 19.1 Å². The fourth-order valence-electron chi connectivity index (χ4n) is 5.35. The number of aliphatic hydroxyl groups excluding tert-OH is 1. The van der Waals surface area contributed by atoms with Crippen molar-refractivity contribution in [3.8, 4) is 5.75 Å². The van der Waals surface area contributed by atoms with Crippen molar-refractivity contribution < 1.29 is 10.2 Å². The Morgan fingerprint density at radius 3 is 3.00 bits per heavy atom. The molecule has 2 heteroatoms. The third-order valence-corrected chi connectivity index (χ3v) is 6.40. The van der Waals surface area contributed by atoms with Gasteiger partial charge < -0.3 is 10.2 Å². The molecule has 1 fully saturated rings. The largest absolute Gasteiger partial charge is 0.508 e. The molecule has 2 nitrogen and oxygen atoms in total. The number of hydrogen-bond donors (Lipinski definition) is 2. The first-order valence-electron chi connectivity index (χ1n) is 8.33. The van der Waals surface area contributed by atoms with Gasteiger partial charge in [0.2, 0.25) is 0 Å². The van der Waals surface area contributed by atoms with Gasteiger partial charge in [0.1, 0.15) is 5.75 Å². The topological polar surface area (TPSA) is 40.5 Å². The molecule has 1 aromatic carbocycles. The van der Waals surface area contributed by atoms with E-state index < -0.39 is 0 Å². The number of aryl methyl sites for hydroxylation is 1. The van der Waals surface area contributed by atoms with Gasteiger partial charge in [-0.15, -0.1) is 0 Å². The number of allylic oxidation sites excluding steroid dienone is 2. The predicted octanol–water partition coefficient (Wildman–Crippen LogP) is 3.91. The summed E-state index contributed by atoms with van der Waals surface area (Å²) < 4.78 is 0. The Hall–Kier alpha value is -1.28. The summed E-state index contributed by atoms with van der Waals surface area (Å²) in [5.41, 5.74) is 4.46. The van der Waals surface area contributed by atoms with Crippen molar-refractivity contribution in [2.45, 2.75) is 51.6 Å². The lowest BCUT2D eigenvalue weighted by Crippen LogP contribution is -2.36. The van der Waals surface area contributed by atoms with Crippen LogP contribution in [0.3, 0.4) is 0 Å². The molecule has 0 saturated heterocycles. The smallest absolute Gasteiger partial charge is 0.115 e. The molecule has 0 spiro atoms. The van der Waals surface area contributed by atoms with Crippen LogP contribution in [0.25, 0.3) is 5.57 Å². The maximum Gasteiger partial charge on any atom is 0.115 e. The van der Waals surface area contributed by atoms with Crippen molar-refractivity contribution in [1.82, 2.24) is 0 Å². The fourth-order valence-corrected chi connectivity index (χ4v) is 5.35. The van der Waals surface area contributed by atoms with Crippen LogP contribution >= 0.6 is 0 Å². The Balaban J connectivity index is 1.77. The summed E-state index contributed by atoms with van der Waals surface area (Å²) in [5.74, 6) is 1.62. The average Bonchev–Trinajstić information content (AvgIpc) is 2.83. The van der Waals surface area contributed by atoms with Crippen molar-refractivity contribution in [3.05, 3.63) is 35.4 Å². The lowest BCUT2D eigenvalue weighted by Gasteiger charge is -2.45. The van der Waals surface area contributed by atoms with Crippen LogP contribution in [0.4, 0.5) is 0 Å². The first kappa shape index (κ1) is 13.4. The minimum Gasteiger partial charge on any atom is -0.508 e. The molecular formula is C19H24O2. The monoisotopic (exact) mass is 284 g/mol. The van der Waals surface area contributed by atoms with Crippen LogP contribution in [-0.2, 0) is 6.42 Å². The minimum atomic E-state index is -0.107. The van der Waals surface area contributed by atoms with Gasteiger partial charge in [-0.2, -0.15) is 0 Å². The molecule has 2 unspecified atom stereocenters. The summed E-state index contributed by atoms with van der Waals surface area (Å²) >= 11 is 0. The van der Waals surface area contributed by atoms with Crippen LogP contribution in [0.1, 0.15) is 50.2 Å². The lowest BCUT2D eigenvalue weighted by atomic mass is 9.59. The highest BCUT2D eigenvalue weighted by atomic mass is 16.3. The molecule has 0 bridgehead atoms. The molecule has 0 heterocycles. The number of phenols is 1. The van der Waals surface area contributed by atoms with E-state index in [9.17, 15) is 10.2 Å². The van der Waals surface area contributed by atoms with Gasteiger partial charge in [0, 0.05) is 0 Å². The van der Waals surface area contributed by atoms with Crippen molar-refractivity contribution in [1.29, 1.82) is 0 Å². The van der Waals surface area contributed by atoms with Crippen molar-refractivity contribution in [3.63, 3.8) is 0 Å². The Morgan fingerprint density at radius 2 is 2.19 bits per heavy atom. The van der Waals surface area contributed by atoms with E-state index in [2.05, 4.69) is 19.1 Å². The summed E-state index contributed by atoms with van der Waals surface area (Å²) in [6.07, 6.45) is 8.80. The van der Waals surface area contributed by atoms with Gasteiger partial charge in [-0.25, -0.2) is 0 Å². The van der Waals surface area contributed by atoms with Crippen LogP contribution in [0, 0.1) is 17.3 Å². The zero-order chi connectivity index (χ0) is 14.6. The van der Waals surface area contributed by atoms with Crippen molar-refractivity contribution in [2.75, 3.05) is 0 Å². The maximum absolute atomic E-state index is 10.2. The Bertz CT molecular complexity index is 604. The number of phenolic OH excluding ortho intramolecular Hbond substituents is 1. The summed E-state index contributed by atoms with van der Waals surface area (Å²) in [5, 5.41) is 19.9. The molecule has 21 heavy (non-hydrogen) atoms. The van der Waals surface area contributed by atoms with E-state index in [1.807, 2.05) is 12.1 Å². The number of benzene rings is 1. The van der Waals surface area contributed by atoms with E-state index in [0.29, 0.717) is 23.0 Å². The standard InChI is InChI=1S/C19H24O2/c1-2-19-8-7-16-15-6-4-13(20)9-12(15)3-5-17(16)18(19)10-14(21)11-19/h4,6-7,9,14,17-18,20-21H,2-3,5,8,10-11H2,1H3/t14-,17?,18?,19-/m1/s1. The second-order valence-corrected chi connectivity index (χ2v) is 7.27. The third-order valence-electron chi connectivity index (χ3n) is 6.40. The molecule has 4 rings (SSSR count). The van der Waals surface area contributed by atoms with Crippen LogP contribution in [0.2, 0.25) is 0 Å². The molecule has 3 aliphatic carbocycles. The number of aliphatic hydroxyl groups is 1. The van der Waals surface area contributed by atoms with Crippen LogP contribution in [-0.4, -0.2) is 16.3 Å². The van der Waals surface area contributed by atoms with Crippen molar-refractivity contribution in [2.24, 2.45) is 17.3 Å². The maximum atomic E-state index is 10.2. The van der Waals surface area contributed by atoms with Gasteiger partial charge in [0.05, 0.1) is 6.10 Å². The highest BCUT2D eigenvalue weighted by Gasteiger charge is 2.51. The molecule has 0 aliphatic heterocycles. The zero-order valence-corrected chi connectivity index (χ0v) is 12.7. The molecule has 0 aromatic heterocycles. The van der Waals surface area contributed by atoms with E-state index in [1.165, 1.54) is 29.5 Å². The van der Waals surface area contributed by atoms with Crippen LogP contribution < -0.4 is 0 Å². The van der Waals surface area contributed by atoms with Gasteiger partial charge in [-0.05, 0) is 84.6 Å². The first-order chi connectivity index (χ1) is 10.1. The van der Waals surface area contributed by atoms with Gasteiger partial charge >= 0.3 is 0 Å². The molecule has 112 valence electrons. The SMILES string of the molecule is CC[C@]12CC=C3c4ccc(O)cc4CCC3C1C[C@@H](O)C2. The number of fused-ring (bicyclic) bond motifs is 5. The van der Waals surface area contributed by atoms with Gasteiger partial charge in [-0.3, -0.25) is 0 Å². The Kier molecular flexibility index (Phi) is 2.94. The zero-order valence-electron chi connectivity index (χ0n) is 12.7. The normalized spacial score (nSPS) is 37.4. The van der Waals surface area contributed by atoms with Gasteiger partial charge in [0.15, 0.2) is 0 Å². The van der Waals surface area contributed by atoms with Crippen LogP contribution in [0.15, 0.2) is 24.3 Å². The molecule has 1 saturated carbocycles. The highest BCUT2D eigenvalue weighted by Crippen LogP contribution is 2.60. The second kappa shape index (κ2) is 4.61. The quantitative estimate of drug-likeness (QED) is 0.821. The molecule has 0 radical (unpaired) electrons. The molecule has 4 atom stereocenters. The molecule has 0 amide bonds. The van der Waals surface area contributed by atoms with Crippen molar-refractivity contribution >= 4 is 5.57 Å². The second-order valence-electron chi connectivity index (χ2n) is 7.27.